The number of aryl methyl sites for hydroxylation is 1. The van der Waals surface area contributed by atoms with Crippen molar-refractivity contribution in [3.63, 3.8) is 0 Å². The van der Waals surface area contributed by atoms with E-state index in [1.54, 1.807) is 17.9 Å². The second-order valence-corrected chi connectivity index (χ2v) is 3.08. The summed E-state index contributed by atoms with van der Waals surface area (Å²) in [4.78, 5) is 4.20. The van der Waals surface area contributed by atoms with Crippen LogP contribution in [-0.2, 0) is 7.05 Å². The summed E-state index contributed by atoms with van der Waals surface area (Å²) in [6, 6.07) is 5.47. The first-order valence-corrected chi connectivity index (χ1v) is 4.19. The van der Waals surface area contributed by atoms with Crippen molar-refractivity contribution in [2.45, 2.75) is 0 Å². The molecule has 1 N–H and O–H groups in total. The number of hydrogen-bond acceptors (Lipinski definition) is 2. The molecular weight excluding hydrogens is 174 g/mol. The molecule has 0 spiro atoms. The van der Waals surface area contributed by atoms with Crippen molar-refractivity contribution in [3.8, 4) is 12.3 Å². The molecule has 3 nitrogen and oxygen atoms in total. The van der Waals surface area contributed by atoms with E-state index in [2.05, 4.69) is 10.9 Å². The van der Waals surface area contributed by atoms with Gasteiger partial charge in [-0.1, -0.05) is 5.92 Å². The van der Waals surface area contributed by atoms with Gasteiger partial charge in [-0.3, -0.25) is 5.41 Å². The molecule has 0 aliphatic rings. The van der Waals surface area contributed by atoms with Crippen LogP contribution in [0.15, 0.2) is 24.5 Å². The first-order valence-electron chi connectivity index (χ1n) is 4.19. The third kappa shape index (κ3) is 1.17. The fourth-order valence-electron chi connectivity index (χ4n) is 1.33. The maximum absolute atomic E-state index is 7.79. The monoisotopic (exact) mass is 183 g/mol. The lowest BCUT2D eigenvalue weighted by molar-refractivity contribution is 0.806. The van der Waals surface area contributed by atoms with Gasteiger partial charge < -0.3 is 4.57 Å². The van der Waals surface area contributed by atoms with E-state index in [0.717, 1.165) is 16.5 Å². The van der Waals surface area contributed by atoms with E-state index in [0.29, 0.717) is 5.49 Å². The van der Waals surface area contributed by atoms with Gasteiger partial charge in [-0.25, -0.2) is 4.98 Å². The van der Waals surface area contributed by atoms with Gasteiger partial charge in [-0.05, 0) is 18.2 Å². The van der Waals surface area contributed by atoms with E-state index in [4.69, 9.17) is 11.8 Å². The molecule has 1 aromatic heterocycles. The number of benzene rings is 1. The van der Waals surface area contributed by atoms with Crippen molar-refractivity contribution in [1.29, 1.82) is 5.41 Å². The second-order valence-electron chi connectivity index (χ2n) is 3.08. The average molecular weight is 183 g/mol. The Kier molecular flexibility index (Phi) is 1.83. The smallest absolute Gasteiger partial charge is 0.135 e. The minimum Gasteiger partial charge on any atom is -0.320 e. The highest BCUT2D eigenvalue weighted by Crippen LogP contribution is 2.08. The topological polar surface area (TPSA) is 41.7 Å². The summed E-state index contributed by atoms with van der Waals surface area (Å²) >= 11 is 0. The molecule has 0 radical (unpaired) electrons. The molecule has 0 atom stereocenters. The largest absolute Gasteiger partial charge is 0.320 e. The van der Waals surface area contributed by atoms with Crippen LogP contribution in [0.5, 0.6) is 0 Å². The fraction of sp³-hybridized carbons (Fsp3) is 0.0909. The SMILES string of the molecule is C#Cc1ccc2c(=N)n(C)cnc2c1. The number of hydrogen-bond donors (Lipinski definition) is 1. The van der Waals surface area contributed by atoms with E-state index in [1.165, 1.54) is 0 Å². The molecule has 0 saturated carbocycles. The molecule has 0 aliphatic heterocycles. The van der Waals surface area contributed by atoms with Gasteiger partial charge in [-0.2, -0.15) is 0 Å². The van der Waals surface area contributed by atoms with Crippen LogP contribution in [0.2, 0.25) is 0 Å². The van der Waals surface area contributed by atoms with Crippen molar-refractivity contribution in [2.24, 2.45) is 7.05 Å². The van der Waals surface area contributed by atoms with Crippen LogP contribution in [0.4, 0.5) is 0 Å². The predicted octanol–water partition coefficient (Wildman–Crippen LogP) is 1.03. The van der Waals surface area contributed by atoms with Gasteiger partial charge in [0.25, 0.3) is 0 Å². The predicted molar refractivity (Wildman–Crippen MR) is 54.5 cm³/mol. The average Bonchev–Trinajstić information content (AvgIpc) is 2.23. The Morgan fingerprint density at radius 3 is 3.00 bits per heavy atom. The minimum atomic E-state index is 0.443. The number of aromatic nitrogens is 2. The number of fused-ring (bicyclic) bond motifs is 1. The molecule has 2 aromatic rings. The molecule has 1 aromatic carbocycles. The first kappa shape index (κ1) is 8.52. The third-order valence-electron chi connectivity index (χ3n) is 2.14. The highest BCUT2D eigenvalue weighted by Gasteiger charge is 1.98. The van der Waals surface area contributed by atoms with E-state index < -0.39 is 0 Å². The molecule has 1 heterocycles. The Balaban J connectivity index is 2.90. The molecule has 0 bridgehead atoms. The number of nitrogens with zero attached hydrogens (tertiary/aromatic N) is 2. The molecular formula is C11H9N3. The van der Waals surface area contributed by atoms with Crippen molar-refractivity contribution >= 4 is 10.9 Å². The van der Waals surface area contributed by atoms with Crippen molar-refractivity contribution in [1.82, 2.24) is 9.55 Å². The lowest BCUT2D eigenvalue weighted by Crippen LogP contribution is -2.17. The van der Waals surface area contributed by atoms with Crippen LogP contribution in [0.1, 0.15) is 5.56 Å². The Hall–Kier alpha value is -2.08. The number of nitrogens with one attached hydrogen (secondary N) is 1. The summed E-state index contributed by atoms with van der Waals surface area (Å²) in [7, 11) is 1.80. The summed E-state index contributed by atoms with van der Waals surface area (Å²) in [5, 5.41) is 8.60. The molecule has 68 valence electrons. The van der Waals surface area contributed by atoms with Gasteiger partial charge in [0.1, 0.15) is 5.49 Å². The number of rotatable bonds is 0. The van der Waals surface area contributed by atoms with E-state index in [1.807, 2.05) is 18.2 Å². The molecule has 0 aliphatic carbocycles. The summed E-state index contributed by atoms with van der Waals surface area (Å²) in [5.74, 6) is 2.55. The highest BCUT2D eigenvalue weighted by molar-refractivity contribution is 5.78. The van der Waals surface area contributed by atoms with Gasteiger partial charge in [0.15, 0.2) is 0 Å². The van der Waals surface area contributed by atoms with Crippen LogP contribution in [0, 0.1) is 17.8 Å². The van der Waals surface area contributed by atoms with Crippen LogP contribution in [0.3, 0.4) is 0 Å². The van der Waals surface area contributed by atoms with Gasteiger partial charge in [-0.15, -0.1) is 6.42 Å². The Labute approximate surface area is 81.5 Å². The van der Waals surface area contributed by atoms with Crippen LogP contribution >= 0.6 is 0 Å². The van der Waals surface area contributed by atoms with Crippen molar-refractivity contribution < 1.29 is 0 Å². The maximum Gasteiger partial charge on any atom is 0.135 e. The maximum atomic E-state index is 7.79. The molecule has 0 amide bonds. The lowest BCUT2D eigenvalue weighted by atomic mass is 10.1. The molecule has 0 saturated heterocycles. The Bertz CT molecular complexity index is 587. The second kappa shape index (κ2) is 3.00. The van der Waals surface area contributed by atoms with Gasteiger partial charge in [0, 0.05) is 18.0 Å². The van der Waals surface area contributed by atoms with Crippen molar-refractivity contribution in [2.75, 3.05) is 0 Å². The van der Waals surface area contributed by atoms with Crippen LogP contribution < -0.4 is 5.49 Å². The molecule has 3 heteroatoms. The van der Waals surface area contributed by atoms with E-state index in [-0.39, 0.29) is 0 Å². The Morgan fingerprint density at radius 1 is 1.50 bits per heavy atom. The van der Waals surface area contributed by atoms with Gasteiger partial charge in [0.05, 0.1) is 11.8 Å². The molecule has 2 rings (SSSR count). The minimum absolute atomic E-state index is 0.443. The Morgan fingerprint density at radius 2 is 2.29 bits per heavy atom. The fourth-order valence-corrected chi connectivity index (χ4v) is 1.33. The summed E-state index contributed by atoms with van der Waals surface area (Å²) in [5.41, 5.74) is 2.00. The zero-order valence-electron chi connectivity index (χ0n) is 7.78. The third-order valence-corrected chi connectivity index (χ3v) is 2.14. The van der Waals surface area contributed by atoms with E-state index >= 15 is 0 Å². The standard InChI is InChI=1S/C11H9N3/c1-3-8-4-5-9-10(6-8)13-7-14(2)11(9)12/h1,4-7,12H,2H3. The molecule has 14 heavy (non-hydrogen) atoms. The van der Waals surface area contributed by atoms with Crippen molar-refractivity contribution in [3.05, 3.63) is 35.6 Å². The summed E-state index contributed by atoms with van der Waals surface area (Å²) in [6.45, 7) is 0. The summed E-state index contributed by atoms with van der Waals surface area (Å²) in [6.07, 6.45) is 6.89. The lowest BCUT2D eigenvalue weighted by Gasteiger charge is -2.02. The zero-order valence-corrected chi connectivity index (χ0v) is 7.78. The normalized spacial score (nSPS) is 10.0. The molecule has 0 unspecified atom stereocenters. The quantitative estimate of drug-likeness (QED) is 0.609. The van der Waals surface area contributed by atoms with Gasteiger partial charge in [0.2, 0.25) is 0 Å². The van der Waals surface area contributed by atoms with Crippen LogP contribution in [-0.4, -0.2) is 9.55 Å². The molecule has 0 fully saturated rings. The summed E-state index contributed by atoms with van der Waals surface area (Å²) < 4.78 is 1.66. The zero-order chi connectivity index (χ0) is 10.1. The van der Waals surface area contributed by atoms with Crippen LogP contribution in [0.25, 0.3) is 10.9 Å². The highest BCUT2D eigenvalue weighted by atomic mass is 15.0. The first-order chi connectivity index (χ1) is 6.72. The van der Waals surface area contributed by atoms with Gasteiger partial charge >= 0.3 is 0 Å². The van der Waals surface area contributed by atoms with E-state index in [9.17, 15) is 0 Å². The number of terminal acetylenes is 1.